The molecular formula is C10H10N2O3. The predicted octanol–water partition coefficient (Wildman–Crippen LogP) is -0.321. The number of phenols is 1. The highest BCUT2D eigenvalue weighted by Crippen LogP contribution is 2.24. The molecule has 78 valence electrons. The van der Waals surface area contributed by atoms with Crippen LogP contribution in [0, 0.1) is 0 Å². The number of rotatable bonds is 1. The van der Waals surface area contributed by atoms with Gasteiger partial charge in [0.2, 0.25) is 11.8 Å². The van der Waals surface area contributed by atoms with Gasteiger partial charge in [-0.15, -0.1) is 0 Å². The van der Waals surface area contributed by atoms with Crippen molar-refractivity contribution in [2.75, 3.05) is 6.54 Å². The molecule has 1 atom stereocenters. The van der Waals surface area contributed by atoms with Crippen LogP contribution in [0.4, 0.5) is 0 Å². The number of benzene rings is 1. The number of nitrogens with one attached hydrogen (secondary N) is 2. The lowest BCUT2D eigenvalue weighted by Crippen LogP contribution is -2.50. The van der Waals surface area contributed by atoms with Gasteiger partial charge in [0, 0.05) is 5.56 Å². The quantitative estimate of drug-likeness (QED) is 0.589. The van der Waals surface area contributed by atoms with E-state index >= 15 is 0 Å². The van der Waals surface area contributed by atoms with Gasteiger partial charge >= 0.3 is 0 Å². The second kappa shape index (κ2) is 3.61. The smallest absolute Gasteiger partial charge is 0.247 e. The van der Waals surface area contributed by atoms with Gasteiger partial charge in [-0.3, -0.25) is 9.59 Å². The summed E-state index contributed by atoms with van der Waals surface area (Å²) < 4.78 is 0. The zero-order valence-corrected chi connectivity index (χ0v) is 7.86. The fourth-order valence-corrected chi connectivity index (χ4v) is 1.50. The van der Waals surface area contributed by atoms with Gasteiger partial charge in [-0.05, 0) is 6.07 Å². The molecule has 1 aromatic carbocycles. The number of aromatic hydroxyl groups is 1. The van der Waals surface area contributed by atoms with Crippen LogP contribution in [0.25, 0.3) is 0 Å². The summed E-state index contributed by atoms with van der Waals surface area (Å²) in [5, 5.41) is 14.5. The number of piperazine rings is 1. The standard InChI is InChI=1S/C10H10N2O3/c13-7-4-2-1-3-6(7)9-10(15)11-5-8(14)12-9/h1-4,9,13H,5H2,(H,11,15)(H,12,14). The Bertz CT molecular complexity index is 417. The average molecular weight is 206 g/mol. The number of amides is 2. The minimum atomic E-state index is -0.799. The Balaban J connectivity index is 2.33. The first-order chi connectivity index (χ1) is 7.18. The van der Waals surface area contributed by atoms with Gasteiger partial charge in [0.25, 0.3) is 0 Å². The highest BCUT2D eigenvalue weighted by atomic mass is 16.3. The first kappa shape index (κ1) is 9.51. The zero-order valence-electron chi connectivity index (χ0n) is 7.86. The van der Waals surface area contributed by atoms with Crippen molar-refractivity contribution in [1.82, 2.24) is 10.6 Å². The molecule has 15 heavy (non-hydrogen) atoms. The summed E-state index contributed by atoms with van der Waals surface area (Å²) in [5.41, 5.74) is 0.406. The number of phenolic OH excluding ortho intramolecular Hbond substituents is 1. The highest BCUT2D eigenvalue weighted by Gasteiger charge is 2.28. The number of carbonyl (C=O) groups is 2. The van der Waals surface area contributed by atoms with Crippen LogP contribution in [-0.4, -0.2) is 23.5 Å². The summed E-state index contributed by atoms with van der Waals surface area (Å²) in [7, 11) is 0. The van der Waals surface area contributed by atoms with Crippen LogP contribution in [0.3, 0.4) is 0 Å². The zero-order chi connectivity index (χ0) is 10.8. The second-order valence-electron chi connectivity index (χ2n) is 3.28. The van der Waals surface area contributed by atoms with Gasteiger partial charge in [-0.2, -0.15) is 0 Å². The Morgan fingerprint density at radius 1 is 1.27 bits per heavy atom. The van der Waals surface area contributed by atoms with E-state index in [1.807, 2.05) is 0 Å². The fourth-order valence-electron chi connectivity index (χ4n) is 1.50. The predicted molar refractivity (Wildman–Crippen MR) is 52.0 cm³/mol. The third-order valence-corrected chi connectivity index (χ3v) is 2.24. The van der Waals surface area contributed by atoms with Crippen LogP contribution in [0.15, 0.2) is 24.3 Å². The summed E-state index contributed by atoms with van der Waals surface area (Å²) in [6, 6.07) is 5.63. The van der Waals surface area contributed by atoms with Crippen molar-refractivity contribution in [2.45, 2.75) is 6.04 Å². The molecule has 2 rings (SSSR count). The molecule has 5 heteroatoms. The van der Waals surface area contributed by atoms with E-state index in [9.17, 15) is 14.7 Å². The van der Waals surface area contributed by atoms with Gasteiger partial charge in [0.15, 0.2) is 0 Å². The Morgan fingerprint density at radius 2 is 2.00 bits per heavy atom. The average Bonchev–Trinajstić information content (AvgIpc) is 2.23. The van der Waals surface area contributed by atoms with Gasteiger partial charge in [-0.1, -0.05) is 18.2 Å². The van der Waals surface area contributed by atoms with Crippen molar-refractivity contribution in [2.24, 2.45) is 0 Å². The SMILES string of the molecule is O=C1CNC(=O)C(c2ccccc2O)N1. The van der Waals surface area contributed by atoms with Crippen LogP contribution in [0.1, 0.15) is 11.6 Å². The molecular weight excluding hydrogens is 196 g/mol. The molecule has 1 saturated heterocycles. The molecule has 0 bridgehead atoms. The molecule has 0 spiro atoms. The summed E-state index contributed by atoms with van der Waals surface area (Å²) >= 11 is 0. The second-order valence-corrected chi connectivity index (χ2v) is 3.28. The molecule has 1 fully saturated rings. The summed E-state index contributed by atoms with van der Waals surface area (Å²) in [4.78, 5) is 22.6. The molecule has 1 unspecified atom stereocenters. The minimum Gasteiger partial charge on any atom is -0.508 e. The Kier molecular flexibility index (Phi) is 2.29. The first-order valence-electron chi connectivity index (χ1n) is 4.53. The lowest BCUT2D eigenvalue weighted by atomic mass is 10.0. The van der Waals surface area contributed by atoms with Crippen molar-refractivity contribution >= 4 is 11.8 Å². The monoisotopic (exact) mass is 206 g/mol. The van der Waals surface area contributed by atoms with Crippen LogP contribution < -0.4 is 10.6 Å². The molecule has 1 aromatic rings. The molecule has 5 nitrogen and oxygen atoms in total. The summed E-state index contributed by atoms with van der Waals surface area (Å²) in [5.74, 6) is -0.571. The fraction of sp³-hybridized carbons (Fsp3) is 0.200. The maximum Gasteiger partial charge on any atom is 0.247 e. The highest BCUT2D eigenvalue weighted by molar-refractivity contribution is 5.95. The number of para-hydroxylation sites is 1. The molecule has 2 amide bonds. The maximum absolute atomic E-state index is 11.5. The molecule has 0 aliphatic carbocycles. The van der Waals surface area contributed by atoms with E-state index < -0.39 is 6.04 Å². The maximum atomic E-state index is 11.5. The summed E-state index contributed by atoms with van der Waals surface area (Å²) in [6.07, 6.45) is 0. The number of carbonyl (C=O) groups excluding carboxylic acids is 2. The van der Waals surface area contributed by atoms with E-state index in [-0.39, 0.29) is 24.1 Å². The van der Waals surface area contributed by atoms with Gasteiger partial charge in [-0.25, -0.2) is 0 Å². The lowest BCUT2D eigenvalue weighted by Gasteiger charge is -2.23. The van der Waals surface area contributed by atoms with Crippen LogP contribution in [0.2, 0.25) is 0 Å². The van der Waals surface area contributed by atoms with E-state index in [1.54, 1.807) is 18.2 Å². The molecule has 1 aliphatic rings. The van der Waals surface area contributed by atoms with Crippen molar-refractivity contribution in [3.63, 3.8) is 0 Å². The van der Waals surface area contributed by atoms with Crippen molar-refractivity contribution in [3.8, 4) is 5.75 Å². The van der Waals surface area contributed by atoms with E-state index in [0.717, 1.165) is 0 Å². The van der Waals surface area contributed by atoms with Crippen LogP contribution in [0.5, 0.6) is 5.75 Å². The summed E-state index contributed by atoms with van der Waals surface area (Å²) in [6.45, 7) is -0.0110. The molecule has 1 aliphatic heterocycles. The Labute approximate surface area is 86.1 Å². The van der Waals surface area contributed by atoms with E-state index in [4.69, 9.17) is 0 Å². The van der Waals surface area contributed by atoms with Gasteiger partial charge < -0.3 is 15.7 Å². The first-order valence-corrected chi connectivity index (χ1v) is 4.53. The molecule has 0 saturated carbocycles. The normalized spacial score (nSPS) is 20.7. The van der Waals surface area contributed by atoms with E-state index in [0.29, 0.717) is 5.56 Å². The lowest BCUT2D eigenvalue weighted by molar-refractivity contribution is -0.133. The van der Waals surface area contributed by atoms with E-state index in [1.165, 1.54) is 6.07 Å². The Hall–Kier alpha value is -2.04. The number of hydrogen-bond acceptors (Lipinski definition) is 3. The van der Waals surface area contributed by atoms with Crippen molar-refractivity contribution < 1.29 is 14.7 Å². The molecule has 0 radical (unpaired) electrons. The third kappa shape index (κ3) is 1.76. The van der Waals surface area contributed by atoms with Crippen LogP contribution in [-0.2, 0) is 9.59 Å². The number of hydrogen-bond donors (Lipinski definition) is 3. The topological polar surface area (TPSA) is 78.4 Å². The van der Waals surface area contributed by atoms with Gasteiger partial charge in [0.05, 0.1) is 6.54 Å². The Morgan fingerprint density at radius 3 is 2.73 bits per heavy atom. The third-order valence-electron chi connectivity index (χ3n) is 2.24. The minimum absolute atomic E-state index is 0.000139. The van der Waals surface area contributed by atoms with Crippen molar-refractivity contribution in [1.29, 1.82) is 0 Å². The van der Waals surface area contributed by atoms with Gasteiger partial charge in [0.1, 0.15) is 11.8 Å². The largest absolute Gasteiger partial charge is 0.508 e. The van der Waals surface area contributed by atoms with E-state index in [2.05, 4.69) is 10.6 Å². The van der Waals surface area contributed by atoms with Crippen LogP contribution >= 0.6 is 0 Å². The molecule has 3 N–H and O–H groups in total. The van der Waals surface area contributed by atoms with Crippen molar-refractivity contribution in [3.05, 3.63) is 29.8 Å². The molecule has 1 heterocycles. The molecule has 0 aromatic heterocycles.